The van der Waals surface area contributed by atoms with Crippen molar-refractivity contribution in [2.45, 2.75) is 6.42 Å². The van der Waals surface area contributed by atoms with Gasteiger partial charge in [0.1, 0.15) is 5.82 Å². The van der Waals surface area contributed by atoms with Gasteiger partial charge in [-0.05, 0) is 33.6 Å². The Labute approximate surface area is 107 Å². The normalized spacial score (nSPS) is 10.9. The molecular formula is C13H10BrN3. The molecule has 0 aliphatic heterocycles. The topological polar surface area (TPSA) is 30.2 Å². The summed E-state index contributed by atoms with van der Waals surface area (Å²) in [6, 6.07) is 14.2. The molecule has 0 spiro atoms. The van der Waals surface area contributed by atoms with Crippen LogP contribution in [0.25, 0.3) is 5.65 Å². The zero-order valence-electron chi connectivity index (χ0n) is 9.05. The Hall–Kier alpha value is -1.68. The van der Waals surface area contributed by atoms with Crippen LogP contribution in [0.4, 0.5) is 0 Å². The van der Waals surface area contributed by atoms with Gasteiger partial charge in [-0.1, -0.05) is 30.3 Å². The molecule has 0 atom stereocenters. The van der Waals surface area contributed by atoms with Gasteiger partial charge in [0.15, 0.2) is 5.65 Å². The van der Waals surface area contributed by atoms with Crippen LogP contribution >= 0.6 is 15.9 Å². The maximum Gasteiger partial charge on any atom is 0.160 e. The van der Waals surface area contributed by atoms with Gasteiger partial charge in [0.05, 0.1) is 0 Å². The highest BCUT2D eigenvalue weighted by Crippen LogP contribution is 2.14. The van der Waals surface area contributed by atoms with E-state index >= 15 is 0 Å². The van der Waals surface area contributed by atoms with Gasteiger partial charge in [-0.2, -0.15) is 0 Å². The molecule has 0 amide bonds. The molecule has 2 heterocycles. The molecule has 3 nitrogen and oxygen atoms in total. The van der Waals surface area contributed by atoms with Gasteiger partial charge in [0, 0.05) is 17.1 Å². The van der Waals surface area contributed by atoms with E-state index in [1.54, 1.807) is 0 Å². The van der Waals surface area contributed by atoms with E-state index in [0.29, 0.717) is 0 Å². The standard InChI is InChI=1S/C13H10BrN3/c14-11-6-7-12-15-16-13(17(12)9-11)8-10-4-2-1-3-5-10/h1-7,9H,8H2. The van der Waals surface area contributed by atoms with E-state index in [2.05, 4.69) is 38.3 Å². The number of nitrogens with zero attached hydrogens (tertiary/aromatic N) is 3. The van der Waals surface area contributed by atoms with Crippen LogP contribution in [0.2, 0.25) is 0 Å². The Bertz CT molecular complexity index is 646. The average molecular weight is 288 g/mol. The van der Waals surface area contributed by atoms with E-state index in [9.17, 15) is 0 Å². The number of aromatic nitrogens is 3. The molecule has 0 bridgehead atoms. The summed E-state index contributed by atoms with van der Waals surface area (Å²) in [6.45, 7) is 0. The number of benzene rings is 1. The molecule has 0 saturated carbocycles. The van der Waals surface area contributed by atoms with E-state index in [-0.39, 0.29) is 0 Å². The van der Waals surface area contributed by atoms with Gasteiger partial charge in [-0.15, -0.1) is 10.2 Å². The Morgan fingerprint density at radius 3 is 2.65 bits per heavy atom. The molecule has 0 aliphatic carbocycles. The number of fused-ring (bicyclic) bond motifs is 1. The number of hydrogen-bond acceptors (Lipinski definition) is 2. The molecule has 0 saturated heterocycles. The van der Waals surface area contributed by atoms with Crippen LogP contribution in [0.1, 0.15) is 11.4 Å². The van der Waals surface area contributed by atoms with Crippen molar-refractivity contribution in [3.8, 4) is 0 Å². The third-order valence-corrected chi connectivity index (χ3v) is 3.11. The first-order chi connectivity index (χ1) is 8.33. The van der Waals surface area contributed by atoms with Crippen molar-refractivity contribution >= 4 is 21.6 Å². The Kier molecular flexibility index (Phi) is 2.65. The predicted molar refractivity (Wildman–Crippen MR) is 69.9 cm³/mol. The zero-order chi connectivity index (χ0) is 11.7. The van der Waals surface area contributed by atoms with Gasteiger partial charge in [-0.3, -0.25) is 4.40 Å². The lowest BCUT2D eigenvalue weighted by molar-refractivity contribution is 0.933. The summed E-state index contributed by atoms with van der Waals surface area (Å²) >= 11 is 3.46. The van der Waals surface area contributed by atoms with Crippen LogP contribution in [0.15, 0.2) is 53.1 Å². The van der Waals surface area contributed by atoms with Crippen LogP contribution < -0.4 is 0 Å². The third kappa shape index (κ3) is 2.08. The van der Waals surface area contributed by atoms with E-state index in [0.717, 1.165) is 22.4 Å². The summed E-state index contributed by atoms with van der Waals surface area (Å²) in [5, 5.41) is 8.37. The fourth-order valence-electron chi connectivity index (χ4n) is 1.81. The SMILES string of the molecule is Brc1ccc2nnc(Cc3ccccc3)n2c1. The highest BCUT2D eigenvalue weighted by molar-refractivity contribution is 9.10. The minimum absolute atomic E-state index is 0.790. The average Bonchev–Trinajstić information content (AvgIpc) is 2.73. The van der Waals surface area contributed by atoms with Crippen LogP contribution in [-0.2, 0) is 6.42 Å². The fraction of sp³-hybridized carbons (Fsp3) is 0.0769. The van der Waals surface area contributed by atoms with Crippen molar-refractivity contribution in [2.75, 3.05) is 0 Å². The lowest BCUT2D eigenvalue weighted by Gasteiger charge is -2.00. The highest BCUT2D eigenvalue weighted by Gasteiger charge is 2.06. The Balaban J connectivity index is 2.03. The molecule has 1 aromatic carbocycles. The van der Waals surface area contributed by atoms with Gasteiger partial charge in [0.25, 0.3) is 0 Å². The number of halogens is 1. The van der Waals surface area contributed by atoms with Crippen molar-refractivity contribution in [1.29, 1.82) is 0 Å². The molecule has 3 aromatic rings. The molecule has 3 rings (SSSR count). The molecule has 0 N–H and O–H groups in total. The lowest BCUT2D eigenvalue weighted by Crippen LogP contribution is -1.96. The summed E-state index contributed by atoms with van der Waals surface area (Å²) in [7, 11) is 0. The van der Waals surface area contributed by atoms with Crippen molar-refractivity contribution in [2.24, 2.45) is 0 Å². The molecule has 4 heteroatoms. The first kappa shape index (κ1) is 10.5. The summed E-state index contributed by atoms with van der Waals surface area (Å²) in [6.07, 6.45) is 2.78. The molecule has 0 radical (unpaired) electrons. The minimum Gasteiger partial charge on any atom is -0.285 e. The van der Waals surface area contributed by atoms with Crippen molar-refractivity contribution in [1.82, 2.24) is 14.6 Å². The van der Waals surface area contributed by atoms with E-state index < -0.39 is 0 Å². The predicted octanol–water partition coefficient (Wildman–Crippen LogP) is 3.08. The van der Waals surface area contributed by atoms with Gasteiger partial charge >= 0.3 is 0 Å². The molecular weight excluding hydrogens is 278 g/mol. The van der Waals surface area contributed by atoms with E-state index in [1.807, 2.05) is 40.9 Å². The van der Waals surface area contributed by atoms with E-state index in [4.69, 9.17) is 0 Å². The third-order valence-electron chi connectivity index (χ3n) is 2.64. The van der Waals surface area contributed by atoms with Gasteiger partial charge in [-0.25, -0.2) is 0 Å². The van der Waals surface area contributed by atoms with Crippen LogP contribution in [0.3, 0.4) is 0 Å². The molecule has 84 valence electrons. The number of rotatable bonds is 2. The van der Waals surface area contributed by atoms with Gasteiger partial charge < -0.3 is 0 Å². The molecule has 0 unspecified atom stereocenters. The van der Waals surface area contributed by atoms with Crippen LogP contribution in [0, 0.1) is 0 Å². The van der Waals surface area contributed by atoms with Crippen molar-refractivity contribution in [3.63, 3.8) is 0 Å². The Morgan fingerprint density at radius 2 is 1.82 bits per heavy atom. The first-order valence-corrected chi connectivity index (χ1v) is 6.15. The summed E-state index contributed by atoms with van der Waals surface area (Å²) < 4.78 is 3.04. The molecule has 0 aliphatic rings. The quantitative estimate of drug-likeness (QED) is 0.725. The van der Waals surface area contributed by atoms with Crippen molar-refractivity contribution in [3.05, 3.63) is 64.5 Å². The molecule has 2 aromatic heterocycles. The number of pyridine rings is 1. The summed E-state index contributed by atoms with van der Waals surface area (Å²) in [5.74, 6) is 0.951. The fourth-order valence-corrected chi connectivity index (χ4v) is 2.15. The van der Waals surface area contributed by atoms with Crippen LogP contribution in [-0.4, -0.2) is 14.6 Å². The van der Waals surface area contributed by atoms with Crippen LogP contribution in [0.5, 0.6) is 0 Å². The minimum atomic E-state index is 0.790. The first-order valence-electron chi connectivity index (χ1n) is 5.36. The largest absolute Gasteiger partial charge is 0.285 e. The summed E-state index contributed by atoms with van der Waals surface area (Å²) in [5.41, 5.74) is 2.11. The van der Waals surface area contributed by atoms with Gasteiger partial charge in [0.2, 0.25) is 0 Å². The zero-order valence-corrected chi connectivity index (χ0v) is 10.6. The molecule has 17 heavy (non-hydrogen) atoms. The maximum absolute atomic E-state index is 4.22. The highest BCUT2D eigenvalue weighted by atomic mass is 79.9. The Morgan fingerprint density at radius 1 is 1.00 bits per heavy atom. The maximum atomic E-state index is 4.22. The van der Waals surface area contributed by atoms with E-state index in [1.165, 1.54) is 5.56 Å². The molecule has 0 fully saturated rings. The second-order valence-corrected chi connectivity index (χ2v) is 4.77. The van der Waals surface area contributed by atoms with Crippen molar-refractivity contribution < 1.29 is 0 Å². The smallest absolute Gasteiger partial charge is 0.160 e. The second kappa shape index (κ2) is 4.30. The second-order valence-electron chi connectivity index (χ2n) is 3.85. The summed E-state index contributed by atoms with van der Waals surface area (Å²) in [4.78, 5) is 0. The lowest BCUT2D eigenvalue weighted by atomic mass is 10.1. The number of hydrogen-bond donors (Lipinski definition) is 0. The monoisotopic (exact) mass is 287 g/mol.